The summed E-state index contributed by atoms with van der Waals surface area (Å²) >= 11 is 0. The molecule has 0 aromatic heterocycles. The molecule has 16 heavy (non-hydrogen) atoms. The lowest BCUT2D eigenvalue weighted by Gasteiger charge is -2.07. The van der Waals surface area contributed by atoms with Crippen LogP contribution >= 0.6 is 0 Å². The Morgan fingerprint density at radius 1 is 1.44 bits per heavy atom. The molecule has 4 nitrogen and oxygen atoms in total. The van der Waals surface area contributed by atoms with Gasteiger partial charge in [-0.25, -0.2) is 0 Å². The average Bonchev–Trinajstić information content (AvgIpc) is 2.22. The largest absolute Gasteiger partial charge is 0.508 e. The second-order valence-electron chi connectivity index (χ2n) is 3.81. The number of aryl methyl sites for hydroxylation is 1. The Hall–Kier alpha value is -1.55. The van der Waals surface area contributed by atoms with Gasteiger partial charge in [0.2, 0.25) is 0 Å². The summed E-state index contributed by atoms with van der Waals surface area (Å²) in [6.45, 7) is 3.17. The van der Waals surface area contributed by atoms with E-state index in [0.29, 0.717) is 19.5 Å². The number of hydrogen-bond acceptors (Lipinski definition) is 3. The van der Waals surface area contributed by atoms with E-state index >= 15 is 0 Å². The molecule has 0 amide bonds. The number of carboxylic acids is 1. The zero-order chi connectivity index (χ0) is 12.0. The molecule has 0 unspecified atom stereocenters. The van der Waals surface area contributed by atoms with Gasteiger partial charge < -0.3 is 15.5 Å². The van der Waals surface area contributed by atoms with Crippen LogP contribution in [-0.2, 0) is 11.3 Å². The predicted molar refractivity (Wildman–Crippen MR) is 61.4 cm³/mol. The van der Waals surface area contributed by atoms with Crippen LogP contribution in [0.15, 0.2) is 18.2 Å². The summed E-state index contributed by atoms with van der Waals surface area (Å²) in [5.41, 5.74) is 1.94. The highest BCUT2D eigenvalue weighted by molar-refractivity contribution is 5.66. The molecule has 0 atom stereocenters. The van der Waals surface area contributed by atoms with Gasteiger partial charge in [-0.3, -0.25) is 4.79 Å². The summed E-state index contributed by atoms with van der Waals surface area (Å²) in [6, 6.07) is 5.44. The van der Waals surface area contributed by atoms with Gasteiger partial charge in [0.1, 0.15) is 5.75 Å². The minimum Gasteiger partial charge on any atom is -0.508 e. The SMILES string of the molecule is Cc1ccc(O)c(CNCCCC(=O)O)c1. The highest BCUT2D eigenvalue weighted by Gasteiger charge is 2.01. The van der Waals surface area contributed by atoms with Gasteiger partial charge in [0.05, 0.1) is 0 Å². The fraction of sp³-hybridized carbons (Fsp3) is 0.417. The number of nitrogens with one attached hydrogen (secondary N) is 1. The molecule has 0 spiro atoms. The number of benzene rings is 1. The van der Waals surface area contributed by atoms with Crippen LogP contribution in [0, 0.1) is 6.92 Å². The number of hydrogen-bond donors (Lipinski definition) is 3. The van der Waals surface area contributed by atoms with E-state index in [9.17, 15) is 9.90 Å². The molecule has 0 fully saturated rings. The summed E-state index contributed by atoms with van der Waals surface area (Å²) < 4.78 is 0. The van der Waals surface area contributed by atoms with Crippen molar-refractivity contribution in [3.8, 4) is 5.75 Å². The van der Waals surface area contributed by atoms with Crippen LogP contribution in [0.4, 0.5) is 0 Å². The first-order chi connectivity index (χ1) is 7.59. The number of rotatable bonds is 6. The van der Waals surface area contributed by atoms with Crippen molar-refractivity contribution in [2.75, 3.05) is 6.54 Å². The van der Waals surface area contributed by atoms with Crippen LogP contribution in [0.1, 0.15) is 24.0 Å². The van der Waals surface area contributed by atoms with Crippen LogP contribution in [0.25, 0.3) is 0 Å². The van der Waals surface area contributed by atoms with E-state index in [-0.39, 0.29) is 12.2 Å². The standard InChI is InChI=1S/C12H17NO3/c1-9-4-5-11(14)10(7-9)8-13-6-2-3-12(15)16/h4-5,7,13-14H,2-3,6,8H2,1H3,(H,15,16). The third-order valence-corrected chi connectivity index (χ3v) is 2.29. The van der Waals surface area contributed by atoms with E-state index in [1.807, 2.05) is 19.1 Å². The molecule has 0 saturated heterocycles. The zero-order valence-electron chi connectivity index (χ0n) is 9.36. The average molecular weight is 223 g/mol. The number of carboxylic acid groups (broad SMARTS) is 1. The quantitative estimate of drug-likeness (QED) is 0.641. The summed E-state index contributed by atoms with van der Waals surface area (Å²) in [5.74, 6) is -0.503. The molecule has 1 aromatic rings. The summed E-state index contributed by atoms with van der Waals surface area (Å²) in [6.07, 6.45) is 0.773. The van der Waals surface area contributed by atoms with Crippen molar-refractivity contribution in [1.29, 1.82) is 0 Å². The van der Waals surface area contributed by atoms with Gasteiger partial charge in [-0.2, -0.15) is 0 Å². The Bertz CT molecular complexity index is 363. The lowest BCUT2D eigenvalue weighted by Crippen LogP contribution is -2.15. The lowest BCUT2D eigenvalue weighted by atomic mass is 10.1. The number of aromatic hydroxyl groups is 1. The minimum absolute atomic E-state index is 0.173. The molecule has 4 heteroatoms. The van der Waals surface area contributed by atoms with Crippen LogP contribution in [0.2, 0.25) is 0 Å². The zero-order valence-corrected chi connectivity index (χ0v) is 9.36. The molecule has 0 heterocycles. The monoisotopic (exact) mass is 223 g/mol. The molecule has 0 aliphatic carbocycles. The Labute approximate surface area is 94.9 Å². The van der Waals surface area contributed by atoms with Crippen molar-refractivity contribution in [3.63, 3.8) is 0 Å². The van der Waals surface area contributed by atoms with E-state index < -0.39 is 5.97 Å². The Morgan fingerprint density at radius 2 is 2.19 bits per heavy atom. The van der Waals surface area contributed by atoms with Crippen LogP contribution in [0.3, 0.4) is 0 Å². The smallest absolute Gasteiger partial charge is 0.303 e. The van der Waals surface area contributed by atoms with Gasteiger partial charge in [-0.05, 0) is 26.0 Å². The molecular formula is C12H17NO3. The molecule has 1 aromatic carbocycles. The van der Waals surface area contributed by atoms with E-state index in [1.54, 1.807) is 6.07 Å². The highest BCUT2D eigenvalue weighted by Crippen LogP contribution is 2.17. The second kappa shape index (κ2) is 6.12. The van der Waals surface area contributed by atoms with Crippen molar-refractivity contribution in [2.45, 2.75) is 26.3 Å². The maximum absolute atomic E-state index is 10.3. The molecule has 0 aliphatic rings. The first-order valence-electron chi connectivity index (χ1n) is 5.30. The molecule has 1 rings (SSSR count). The van der Waals surface area contributed by atoms with Gasteiger partial charge >= 0.3 is 5.97 Å². The number of phenols is 1. The van der Waals surface area contributed by atoms with Gasteiger partial charge in [0.25, 0.3) is 0 Å². The molecule has 0 saturated carbocycles. The van der Waals surface area contributed by atoms with Crippen molar-refractivity contribution in [1.82, 2.24) is 5.32 Å². The lowest BCUT2D eigenvalue weighted by molar-refractivity contribution is -0.137. The second-order valence-corrected chi connectivity index (χ2v) is 3.81. The van der Waals surface area contributed by atoms with Crippen molar-refractivity contribution in [3.05, 3.63) is 29.3 Å². The Morgan fingerprint density at radius 3 is 2.88 bits per heavy atom. The topological polar surface area (TPSA) is 69.6 Å². The molecule has 0 radical (unpaired) electrons. The Kier molecular flexibility index (Phi) is 4.79. The minimum atomic E-state index is -0.778. The van der Waals surface area contributed by atoms with Crippen molar-refractivity contribution >= 4 is 5.97 Å². The van der Waals surface area contributed by atoms with Gasteiger partial charge in [0.15, 0.2) is 0 Å². The normalized spacial score (nSPS) is 10.3. The van der Waals surface area contributed by atoms with Gasteiger partial charge in [-0.1, -0.05) is 17.7 Å². The number of carbonyl (C=O) groups is 1. The predicted octanol–water partition coefficient (Wildman–Crippen LogP) is 1.66. The number of aliphatic carboxylic acids is 1. The summed E-state index contributed by atoms with van der Waals surface area (Å²) in [5, 5.41) is 21.1. The van der Waals surface area contributed by atoms with Gasteiger partial charge in [0, 0.05) is 18.5 Å². The Balaban J connectivity index is 2.31. The third-order valence-electron chi connectivity index (χ3n) is 2.29. The van der Waals surface area contributed by atoms with Crippen LogP contribution in [-0.4, -0.2) is 22.7 Å². The van der Waals surface area contributed by atoms with Crippen LogP contribution < -0.4 is 5.32 Å². The van der Waals surface area contributed by atoms with E-state index in [2.05, 4.69) is 5.32 Å². The molecule has 3 N–H and O–H groups in total. The van der Waals surface area contributed by atoms with Crippen LogP contribution in [0.5, 0.6) is 5.75 Å². The number of phenolic OH excluding ortho intramolecular Hbond substituents is 1. The molecule has 0 aliphatic heterocycles. The van der Waals surface area contributed by atoms with E-state index in [4.69, 9.17) is 5.11 Å². The maximum Gasteiger partial charge on any atom is 0.303 e. The molecule has 88 valence electrons. The van der Waals surface area contributed by atoms with Crippen molar-refractivity contribution in [2.24, 2.45) is 0 Å². The maximum atomic E-state index is 10.3. The van der Waals surface area contributed by atoms with Gasteiger partial charge in [-0.15, -0.1) is 0 Å². The highest BCUT2D eigenvalue weighted by atomic mass is 16.4. The summed E-state index contributed by atoms with van der Waals surface area (Å²) in [7, 11) is 0. The third kappa shape index (κ3) is 4.31. The van der Waals surface area contributed by atoms with E-state index in [1.165, 1.54) is 0 Å². The first-order valence-corrected chi connectivity index (χ1v) is 5.30. The van der Waals surface area contributed by atoms with E-state index in [0.717, 1.165) is 11.1 Å². The molecular weight excluding hydrogens is 206 g/mol. The van der Waals surface area contributed by atoms with Crippen molar-refractivity contribution < 1.29 is 15.0 Å². The summed E-state index contributed by atoms with van der Waals surface area (Å²) in [4.78, 5) is 10.3. The first kappa shape index (κ1) is 12.5. The fourth-order valence-corrected chi connectivity index (χ4v) is 1.44. The fourth-order valence-electron chi connectivity index (χ4n) is 1.44. The molecule has 0 bridgehead atoms.